The van der Waals surface area contributed by atoms with Gasteiger partial charge in [-0.15, -0.1) is 0 Å². The average molecular weight is 582 g/mol. The quantitative estimate of drug-likeness (QED) is 0.349. The number of nitroso groups, excluding NO2 is 1. The van der Waals surface area contributed by atoms with Crippen LogP contribution >= 0.6 is 23.2 Å². The van der Waals surface area contributed by atoms with Crippen LogP contribution in [-0.2, 0) is 11.2 Å². The number of H-pyrrole nitrogens is 1. The number of nitrogens with one attached hydrogen (secondary N) is 2. The van der Waals surface area contributed by atoms with Crippen molar-refractivity contribution in [3.05, 3.63) is 108 Å². The second-order valence-electron chi connectivity index (χ2n) is 10.5. The van der Waals surface area contributed by atoms with E-state index in [0.29, 0.717) is 46.0 Å². The number of rotatable bonds is 7. The number of hydrogen-bond acceptors (Lipinski definition) is 5. The van der Waals surface area contributed by atoms with Gasteiger partial charge < -0.3 is 15.2 Å². The van der Waals surface area contributed by atoms with Gasteiger partial charge in [0.05, 0.1) is 18.0 Å². The Labute approximate surface area is 242 Å². The van der Waals surface area contributed by atoms with E-state index in [9.17, 15) is 19.3 Å². The molecule has 2 aliphatic rings. The number of pyridine rings is 1. The number of aromatic amines is 1. The van der Waals surface area contributed by atoms with Crippen LogP contribution in [0.25, 0.3) is 0 Å². The number of halogens is 2. The molecule has 208 valence electrons. The van der Waals surface area contributed by atoms with Gasteiger partial charge in [0.15, 0.2) is 0 Å². The predicted molar refractivity (Wildman–Crippen MR) is 155 cm³/mol. The van der Waals surface area contributed by atoms with Gasteiger partial charge in [-0.2, -0.15) is 4.91 Å². The third kappa shape index (κ3) is 5.56. The van der Waals surface area contributed by atoms with Crippen LogP contribution in [0.15, 0.2) is 64.6 Å². The van der Waals surface area contributed by atoms with Crippen molar-refractivity contribution in [1.29, 1.82) is 0 Å². The molecular formula is C30H30Cl2N4O4. The number of amides is 2. The Morgan fingerprint density at radius 3 is 2.58 bits per heavy atom. The summed E-state index contributed by atoms with van der Waals surface area (Å²) in [4.78, 5) is 56.4. The molecule has 1 saturated carbocycles. The number of carbonyl (C=O) groups excluding carboxylic acids is 2. The molecular weight excluding hydrogens is 551 g/mol. The molecule has 0 radical (unpaired) electrons. The minimum Gasteiger partial charge on any atom is -0.355 e. The highest BCUT2D eigenvalue weighted by molar-refractivity contribution is 6.35. The van der Waals surface area contributed by atoms with Gasteiger partial charge in [-0.3, -0.25) is 14.4 Å². The number of nitrogens with zero attached hydrogens (tertiary/aromatic N) is 2. The van der Waals surface area contributed by atoms with Gasteiger partial charge in [-0.1, -0.05) is 65.5 Å². The van der Waals surface area contributed by atoms with Crippen molar-refractivity contribution in [2.75, 3.05) is 6.54 Å². The Morgan fingerprint density at radius 1 is 1.05 bits per heavy atom. The molecule has 0 bridgehead atoms. The van der Waals surface area contributed by atoms with Crippen molar-refractivity contribution in [2.45, 2.75) is 63.1 Å². The first kappa shape index (κ1) is 28.1. The lowest BCUT2D eigenvalue weighted by Crippen LogP contribution is -2.55. The van der Waals surface area contributed by atoms with Gasteiger partial charge in [0.2, 0.25) is 11.5 Å². The van der Waals surface area contributed by atoms with Crippen LogP contribution in [0.3, 0.4) is 0 Å². The zero-order valence-corrected chi connectivity index (χ0v) is 23.5. The van der Waals surface area contributed by atoms with Gasteiger partial charge in [0, 0.05) is 33.9 Å². The molecule has 1 aliphatic heterocycles. The lowest BCUT2D eigenvalue weighted by Gasteiger charge is -2.48. The van der Waals surface area contributed by atoms with E-state index in [1.54, 1.807) is 54.3 Å². The summed E-state index contributed by atoms with van der Waals surface area (Å²) in [5.41, 5.74) is 2.95. The van der Waals surface area contributed by atoms with Gasteiger partial charge in [0.25, 0.3) is 5.91 Å². The van der Waals surface area contributed by atoms with Crippen molar-refractivity contribution in [3.63, 3.8) is 0 Å². The zero-order chi connectivity index (χ0) is 28.4. The fourth-order valence-corrected chi connectivity index (χ4v) is 6.67. The van der Waals surface area contributed by atoms with Crippen LogP contribution in [-0.4, -0.2) is 40.3 Å². The average Bonchev–Trinajstić information content (AvgIpc) is 2.92. The van der Waals surface area contributed by atoms with E-state index in [1.165, 1.54) is 6.07 Å². The first-order chi connectivity index (χ1) is 19.3. The highest BCUT2D eigenvalue weighted by Gasteiger charge is 2.49. The molecule has 8 nitrogen and oxygen atoms in total. The third-order valence-corrected chi connectivity index (χ3v) is 8.44. The van der Waals surface area contributed by atoms with Crippen LogP contribution in [0.2, 0.25) is 10.0 Å². The minimum absolute atomic E-state index is 0.194. The predicted octanol–water partition coefficient (Wildman–Crippen LogP) is 5.71. The highest BCUT2D eigenvalue weighted by atomic mass is 35.5. The lowest BCUT2D eigenvalue weighted by molar-refractivity contribution is -0.124. The van der Waals surface area contributed by atoms with Crippen LogP contribution in [0.4, 0.5) is 0 Å². The van der Waals surface area contributed by atoms with Crippen molar-refractivity contribution < 1.29 is 9.59 Å². The van der Waals surface area contributed by atoms with E-state index in [-0.39, 0.29) is 23.9 Å². The van der Waals surface area contributed by atoms with E-state index >= 15 is 0 Å². The van der Waals surface area contributed by atoms with Crippen LogP contribution in [0, 0.1) is 11.8 Å². The van der Waals surface area contributed by atoms with Crippen LogP contribution in [0.5, 0.6) is 0 Å². The Hall–Kier alpha value is -3.49. The molecule has 0 saturated heterocycles. The Bertz CT molecular complexity index is 1510. The molecule has 40 heavy (non-hydrogen) atoms. The normalized spacial score (nSPS) is 22.5. The molecule has 1 aromatic heterocycles. The van der Waals surface area contributed by atoms with E-state index in [1.807, 2.05) is 6.07 Å². The second-order valence-corrected chi connectivity index (χ2v) is 11.3. The van der Waals surface area contributed by atoms with Crippen molar-refractivity contribution >= 4 is 35.0 Å². The summed E-state index contributed by atoms with van der Waals surface area (Å²) in [5.74, 6) is -1.34. The molecule has 4 atom stereocenters. The van der Waals surface area contributed by atoms with Crippen molar-refractivity contribution in [3.8, 4) is 0 Å². The lowest BCUT2D eigenvalue weighted by atomic mass is 9.76. The SMILES string of the molecule is Cc1cc(CCNC(=O)[C@@H]2c3ccccc3C(=O)N([C@H]3CCCC[C@@H]3N=O)[C@H]2c2ccc(Cl)cc2Cl)cc(=O)[nH]1. The molecule has 2 N–H and O–H groups in total. The largest absolute Gasteiger partial charge is 0.355 e. The first-order valence-electron chi connectivity index (χ1n) is 13.4. The Kier molecular flexibility index (Phi) is 8.38. The van der Waals surface area contributed by atoms with E-state index in [2.05, 4.69) is 15.5 Å². The highest BCUT2D eigenvalue weighted by Crippen LogP contribution is 2.48. The topological polar surface area (TPSA) is 112 Å². The van der Waals surface area contributed by atoms with Gasteiger partial charge in [0.1, 0.15) is 6.04 Å². The first-order valence-corrected chi connectivity index (χ1v) is 14.2. The maximum absolute atomic E-state index is 14.1. The molecule has 0 spiro atoms. The molecule has 2 amide bonds. The summed E-state index contributed by atoms with van der Waals surface area (Å²) in [5, 5.41) is 7.20. The summed E-state index contributed by atoms with van der Waals surface area (Å²) in [6.07, 6.45) is 3.33. The fraction of sp³-hybridized carbons (Fsp3) is 0.367. The smallest absolute Gasteiger partial charge is 0.255 e. The summed E-state index contributed by atoms with van der Waals surface area (Å²) < 4.78 is 0. The summed E-state index contributed by atoms with van der Waals surface area (Å²) in [7, 11) is 0. The van der Waals surface area contributed by atoms with Crippen LogP contribution < -0.4 is 10.9 Å². The molecule has 1 aliphatic carbocycles. The number of aromatic nitrogens is 1. The number of carbonyl (C=O) groups is 2. The van der Waals surface area contributed by atoms with Gasteiger partial charge >= 0.3 is 0 Å². The van der Waals surface area contributed by atoms with E-state index in [0.717, 1.165) is 24.1 Å². The standard InChI is InChI=1S/C30H30Cl2N4O4/c1-17-14-18(15-26(37)34-17)12-13-33-29(38)27-20-6-2-3-7-21(20)30(39)36(25-9-5-4-8-24(25)35-40)28(27)22-11-10-19(31)16-23(22)32/h2-3,6-7,10-11,14-16,24-25,27-28H,4-5,8-9,12-13H2,1H3,(H,33,38)(H,34,37)/t24-,25-,27+,28-/m0/s1. The molecule has 5 rings (SSSR count). The molecule has 2 aromatic carbocycles. The van der Waals surface area contributed by atoms with Crippen molar-refractivity contribution in [1.82, 2.24) is 15.2 Å². The van der Waals surface area contributed by atoms with Gasteiger partial charge in [-0.05, 0) is 67.1 Å². The molecule has 0 unspecified atom stereocenters. The number of hydrogen-bond donors (Lipinski definition) is 2. The monoisotopic (exact) mass is 580 g/mol. The second kappa shape index (κ2) is 11.9. The van der Waals surface area contributed by atoms with Crippen molar-refractivity contribution in [2.24, 2.45) is 5.18 Å². The third-order valence-electron chi connectivity index (χ3n) is 7.88. The summed E-state index contributed by atoms with van der Waals surface area (Å²) in [6, 6.07) is 13.7. The van der Waals surface area contributed by atoms with E-state index < -0.39 is 24.0 Å². The zero-order valence-electron chi connectivity index (χ0n) is 22.0. The fourth-order valence-electron chi connectivity index (χ4n) is 6.15. The van der Waals surface area contributed by atoms with E-state index in [4.69, 9.17) is 23.2 Å². The Balaban J connectivity index is 1.57. The van der Waals surface area contributed by atoms with Crippen LogP contribution in [0.1, 0.15) is 70.4 Å². The summed E-state index contributed by atoms with van der Waals surface area (Å²) >= 11 is 12.9. The minimum atomic E-state index is -0.803. The molecule has 2 heterocycles. The molecule has 10 heteroatoms. The Morgan fingerprint density at radius 2 is 1.82 bits per heavy atom. The van der Waals surface area contributed by atoms with Gasteiger partial charge in [-0.25, -0.2) is 0 Å². The maximum Gasteiger partial charge on any atom is 0.255 e. The molecule has 3 aromatic rings. The maximum atomic E-state index is 14.1. The number of aryl methyl sites for hydroxylation is 1. The number of benzene rings is 2. The summed E-state index contributed by atoms with van der Waals surface area (Å²) in [6.45, 7) is 2.10. The molecule has 1 fully saturated rings. The number of fused-ring (bicyclic) bond motifs is 1.